The number of anilines is 1. The van der Waals surface area contributed by atoms with Crippen LogP contribution in [0.15, 0.2) is 58.2 Å². The number of benzene rings is 2. The van der Waals surface area contributed by atoms with Crippen LogP contribution in [0.25, 0.3) is 6.08 Å². The molecule has 0 aliphatic carbocycles. The summed E-state index contributed by atoms with van der Waals surface area (Å²) in [6.07, 6.45) is 2.40. The summed E-state index contributed by atoms with van der Waals surface area (Å²) in [7, 11) is 3.18. The normalized spacial score (nSPS) is 16.4. The predicted molar refractivity (Wildman–Crippen MR) is 183 cm³/mol. The van der Waals surface area contributed by atoms with E-state index in [9.17, 15) is 14.9 Å². The highest BCUT2D eigenvalue weighted by molar-refractivity contribution is 8.26. The third-order valence-electron chi connectivity index (χ3n) is 8.30. The Kier molecular flexibility index (Phi) is 10.3. The highest BCUT2D eigenvalue weighted by Crippen LogP contribution is 2.36. The Labute approximate surface area is 273 Å². The molecule has 45 heavy (non-hydrogen) atoms. The Bertz CT molecular complexity index is 1720. The minimum Gasteiger partial charge on any atom is -0.493 e. The van der Waals surface area contributed by atoms with Crippen LogP contribution in [-0.4, -0.2) is 71.5 Å². The zero-order chi connectivity index (χ0) is 32.1. The zero-order valence-electron chi connectivity index (χ0n) is 26.0. The second-order valence-electron chi connectivity index (χ2n) is 10.9. The van der Waals surface area contributed by atoms with Gasteiger partial charge in [0.25, 0.3) is 11.5 Å². The number of thioether (sulfide) groups is 1. The number of piperazine rings is 1. The van der Waals surface area contributed by atoms with E-state index in [1.54, 1.807) is 30.6 Å². The molecular weight excluding hydrogens is 607 g/mol. The number of hydrogen-bond donors (Lipinski definition) is 0. The zero-order valence-corrected chi connectivity index (χ0v) is 27.7. The number of thiocarbonyl (C=S) groups is 1. The van der Waals surface area contributed by atoms with Crippen molar-refractivity contribution in [1.82, 2.24) is 14.4 Å². The van der Waals surface area contributed by atoms with E-state index in [0.717, 1.165) is 31.0 Å². The molecule has 2 aromatic carbocycles. The molecular formula is C34H37N5O4S2. The number of rotatable bonds is 10. The average Bonchev–Trinajstić information content (AvgIpc) is 3.33. The van der Waals surface area contributed by atoms with Gasteiger partial charge in [-0.25, -0.2) is 0 Å². The van der Waals surface area contributed by atoms with Crippen LogP contribution < -0.4 is 19.9 Å². The molecule has 0 saturated carbocycles. The lowest BCUT2D eigenvalue weighted by atomic mass is 10.0. The Morgan fingerprint density at radius 2 is 1.71 bits per heavy atom. The molecule has 2 aliphatic rings. The van der Waals surface area contributed by atoms with Gasteiger partial charge in [-0.3, -0.25) is 24.0 Å². The van der Waals surface area contributed by atoms with Crippen molar-refractivity contribution in [1.29, 1.82) is 5.26 Å². The molecule has 1 amide bonds. The summed E-state index contributed by atoms with van der Waals surface area (Å²) in [6, 6.07) is 18.2. The topological polar surface area (TPSA) is 91.0 Å². The molecule has 0 spiro atoms. The first-order valence-corrected chi connectivity index (χ1v) is 16.2. The smallest absolute Gasteiger partial charge is 0.270 e. The van der Waals surface area contributed by atoms with E-state index in [1.807, 2.05) is 37.3 Å². The predicted octanol–water partition coefficient (Wildman–Crippen LogP) is 4.83. The Hall–Kier alpha value is -4.11. The molecule has 2 saturated heterocycles. The largest absolute Gasteiger partial charge is 0.493 e. The van der Waals surface area contributed by atoms with Gasteiger partial charge in [0.15, 0.2) is 11.5 Å². The number of carbonyl (C=O) groups is 1. The maximum absolute atomic E-state index is 13.7. The summed E-state index contributed by atoms with van der Waals surface area (Å²) in [5, 5.41) is 9.94. The van der Waals surface area contributed by atoms with Gasteiger partial charge in [0.05, 0.1) is 19.1 Å². The van der Waals surface area contributed by atoms with Crippen LogP contribution in [0.2, 0.25) is 0 Å². The molecule has 234 valence electrons. The number of amides is 1. The number of nitrogens with zero attached hydrogens (tertiary/aromatic N) is 5. The monoisotopic (exact) mass is 643 g/mol. The highest BCUT2D eigenvalue weighted by Gasteiger charge is 2.33. The van der Waals surface area contributed by atoms with Crippen LogP contribution in [0.4, 0.5) is 5.82 Å². The fourth-order valence-corrected chi connectivity index (χ4v) is 7.13. The van der Waals surface area contributed by atoms with Gasteiger partial charge in [-0.1, -0.05) is 60.4 Å². The lowest BCUT2D eigenvalue weighted by Crippen LogP contribution is -2.48. The summed E-state index contributed by atoms with van der Waals surface area (Å²) in [6.45, 7) is 8.44. The van der Waals surface area contributed by atoms with E-state index >= 15 is 0 Å². The van der Waals surface area contributed by atoms with Crippen molar-refractivity contribution in [3.63, 3.8) is 0 Å². The minimum absolute atomic E-state index is 0.0958. The summed E-state index contributed by atoms with van der Waals surface area (Å²) >= 11 is 6.90. The van der Waals surface area contributed by atoms with E-state index in [2.05, 4.69) is 40.1 Å². The van der Waals surface area contributed by atoms with Crippen LogP contribution in [-0.2, 0) is 24.3 Å². The summed E-state index contributed by atoms with van der Waals surface area (Å²) in [4.78, 5) is 33.9. The van der Waals surface area contributed by atoms with Crippen LogP contribution in [0, 0.1) is 18.3 Å². The van der Waals surface area contributed by atoms with Crippen molar-refractivity contribution in [2.45, 2.75) is 33.4 Å². The summed E-state index contributed by atoms with van der Waals surface area (Å²) < 4.78 is 12.9. The number of nitriles is 1. The van der Waals surface area contributed by atoms with Gasteiger partial charge in [0, 0.05) is 51.4 Å². The standard InChI is InChI=1S/C34H37N5O4S2/c1-5-38-31(37-17-15-36(16-18-37)22-25-9-7-6-8-10-25)26(23(2)27(21-35)32(38)40)20-30-33(41)39(34(44)45-30)14-13-24-11-12-28(42-3)29(19-24)43-4/h6-12,19-20H,5,13-18,22H2,1-4H3/b30-20-. The van der Waals surface area contributed by atoms with Crippen LogP contribution in [0.5, 0.6) is 11.5 Å². The van der Waals surface area contributed by atoms with Gasteiger partial charge in [-0.2, -0.15) is 5.26 Å². The Morgan fingerprint density at radius 3 is 2.36 bits per heavy atom. The summed E-state index contributed by atoms with van der Waals surface area (Å²) in [5.41, 5.74) is 3.33. The summed E-state index contributed by atoms with van der Waals surface area (Å²) in [5.74, 6) is 1.83. The number of hydrogen-bond acceptors (Lipinski definition) is 9. The molecule has 0 radical (unpaired) electrons. The minimum atomic E-state index is -0.307. The van der Waals surface area contributed by atoms with Gasteiger partial charge in [-0.15, -0.1) is 0 Å². The van der Waals surface area contributed by atoms with E-state index in [0.29, 0.717) is 64.5 Å². The van der Waals surface area contributed by atoms with Crippen molar-refractivity contribution in [3.8, 4) is 17.6 Å². The van der Waals surface area contributed by atoms with E-state index in [1.165, 1.54) is 17.3 Å². The van der Waals surface area contributed by atoms with E-state index < -0.39 is 0 Å². The lowest BCUT2D eigenvalue weighted by Gasteiger charge is -2.38. The molecule has 3 aromatic rings. The van der Waals surface area contributed by atoms with Gasteiger partial charge in [0.1, 0.15) is 21.8 Å². The molecule has 3 heterocycles. The third kappa shape index (κ3) is 6.78. The van der Waals surface area contributed by atoms with Gasteiger partial charge >= 0.3 is 0 Å². The number of pyridine rings is 1. The Morgan fingerprint density at radius 1 is 1.00 bits per heavy atom. The third-order valence-corrected chi connectivity index (χ3v) is 9.68. The van der Waals surface area contributed by atoms with Crippen molar-refractivity contribution in [2.24, 2.45) is 0 Å². The van der Waals surface area contributed by atoms with Crippen LogP contribution in [0.3, 0.4) is 0 Å². The first kappa shape index (κ1) is 32.3. The molecule has 0 unspecified atom stereocenters. The van der Waals surface area contributed by atoms with Gasteiger partial charge in [0.2, 0.25) is 0 Å². The van der Waals surface area contributed by atoms with Crippen molar-refractivity contribution in [2.75, 3.05) is 51.8 Å². The number of aromatic nitrogens is 1. The number of methoxy groups -OCH3 is 2. The van der Waals surface area contributed by atoms with Crippen LogP contribution in [0.1, 0.15) is 34.7 Å². The molecule has 9 nitrogen and oxygen atoms in total. The molecule has 0 N–H and O–H groups in total. The maximum atomic E-state index is 13.7. The molecule has 0 atom stereocenters. The molecule has 11 heteroatoms. The second kappa shape index (κ2) is 14.3. The maximum Gasteiger partial charge on any atom is 0.270 e. The molecule has 0 bridgehead atoms. The quantitative estimate of drug-likeness (QED) is 0.228. The highest BCUT2D eigenvalue weighted by atomic mass is 32.2. The van der Waals surface area contributed by atoms with Crippen molar-refractivity contribution >= 4 is 46.1 Å². The molecule has 2 fully saturated rings. The molecule has 5 rings (SSSR count). The molecule has 2 aliphatic heterocycles. The van der Waals surface area contributed by atoms with E-state index in [-0.39, 0.29) is 17.0 Å². The van der Waals surface area contributed by atoms with Crippen molar-refractivity contribution < 1.29 is 14.3 Å². The van der Waals surface area contributed by atoms with Crippen molar-refractivity contribution in [3.05, 3.63) is 91.6 Å². The van der Waals surface area contributed by atoms with Gasteiger partial charge < -0.3 is 14.4 Å². The first-order chi connectivity index (χ1) is 21.8. The SMILES string of the molecule is CCn1c(N2CCN(Cc3ccccc3)CC2)c(/C=C2\SC(=S)N(CCc3ccc(OC)c(OC)c3)C2=O)c(C)c(C#N)c1=O. The fourth-order valence-electron chi connectivity index (χ4n) is 5.84. The number of carbonyl (C=O) groups excluding carboxylic acids is 1. The van der Waals surface area contributed by atoms with Crippen LogP contribution >= 0.6 is 24.0 Å². The average molecular weight is 644 g/mol. The fraction of sp³-hybridized carbons (Fsp3) is 0.353. The Balaban J connectivity index is 1.42. The number of ether oxygens (including phenoxy) is 2. The first-order valence-electron chi connectivity index (χ1n) is 14.9. The lowest BCUT2D eigenvalue weighted by molar-refractivity contribution is -0.122. The second-order valence-corrected chi connectivity index (χ2v) is 12.6. The van der Waals surface area contributed by atoms with Gasteiger partial charge in [-0.05, 0) is 55.2 Å². The molecule has 1 aromatic heterocycles. The van der Waals surface area contributed by atoms with E-state index in [4.69, 9.17) is 21.7 Å².